The molecule has 2 nitrogen and oxygen atoms in total. The molecule has 0 aliphatic heterocycles. The molecule has 0 bridgehead atoms. The summed E-state index contributed by atoms with van der Waals surface area (Å²) in [6, 6.07) is 11.0. The molecule has 0 saturated carbocycles. The van der Waals surface area contributed by atoms with Crippen molar-refractivity contribution in [3.05, 3.63) is 58.1 Å². The maximum Gasteiger partial charge on any atom is 0.256 e. The monoisotopic (exact) mass is 291 g/mol. The van der Waals surface area contributed by atoms with Gasteiger partial charge in [0.25, 0.3) is 5.91 Å². The fraction of sp³-hybridized carbons (Fsp3) is 0.133. The lowest BCUT2D eigenvalue weighted by Crippen LogP contribution is -2.13. The van der Waals surface area contributed by atoms with Gasteiger partial charge in [-0.15, -0.1) is 12.6 Å². The van der Waals surface area contributed by atoms with Crippen molar-refractivity contribution in [2.75, 3.05) is 5.32 Å². The number of hydrogen-bond acceptors (Lipinski definition) is 2. The summed E-state index contributed by atoms with van der Waals surface area (Å²) in [5.41, 5.74) is 3.17. The highest BCUT2D eigenvalue weighted by atomic mass is 35.5. The first-order valence-corrected chi connectivity index (χ1v) is 6.67. The second-order valence-electron chi connectivity index (χ2n) is 4.44. The average Bonchev–Trinajstić information content (AvgIpc) is 2.36. The van der Waals surface area contributed by atoms with E-state index in [2.05, 4.69) is 17.9 Å². The predicted octanol–water partition coefficient (Wildman–Crippen LogP) is 4.50. The molecule has 0 unspecified atom stereocenters. The lowest BCUT2D eigenvalue weighted by Gasteiger charge is -2.10. The highest BCUT2D eigenvalue weighted by Gasteiger charge is 2.11. The van der Waals surface area contributed by atoms with Gasteiger partial charge in [-0.2, -0.15) is 0 Å². The van der Waals surface area contributed by atoms with Crippen LogP contribution < -0.4 is 5.32 Å². The molecule has 0 aliphatic carbocycles. The molecule has 2 aromatic rings. The lowest BCUT2D eigenvalue weighted by atomic mass is 10.1. The van der Waals surface area contributed by atoms with E-state index < -0.39 is 0 Å². The van der Waals surface area contributed by atoms with E-state index in [4.69, 9.17) is 11.6 Å². The van der Waals surface area contributed by atoms with E-state index >= 15 is 0 Å². The van der Waals surface area contributed by atoms with Crippen LogP contribution in [0.1, 0.15) is 21.5 Å². The fourth-order valence-electron chi connectivity index (χ4n) is 1.78. The van der Waals surface area contributed by atoms with Crippen LogP contribution in [0, 0.1) is 13.8 Å². The molecule has 1 amide bonds. The first-order valence-electron chi connectivity index (χ1n) is 5.84. The summed E-state index contributed by atoms with van der Waals surface area (Å²) in [6.07, 6.45) is 0. The Labute approximate surface area is 123 Å². The van der Waals surface area contributed by atoms with Gasteiger partial charge in [-0.25, -0.2) is 0 Å². The van der Waals surface area contributed by atoms with E-state index in [0.29, 0.717) is 16.3 Å². The van der Waals surface area contributed by atoms with Gasteiger partial charge in [-0.05, 0) is 49.2 Å². The lowest BCUT2D eigenvalue weighted by molar-refractivity contribution is 0.102. The van der Waals surface area contributed by atoms with Gasteiger partial charge in [0.15, 0.2) is 0 Å². The standard InChI is InChI=1S/C15H14ClNOS/c1-9-3-6-13(16)14(7-9)17-15(18)12-8-11(19)5-4-10(12)2/h3-8,19H,1-2H3,(H,17,18). The summed E-state index contributed by atoms with van der Waals surface area (Å²) in [4.78, 5) is 13.0. The summed E-state index contributed by atoms with van der Waals surface area (Å²) in [6.45, 7) is 3.84. The molecule has 0 heterocycles. The summed E-state index contributed by atoms with van der Waals surface area (Å²) in [7, 11) is 0. The minimum Gasteiger partial charge on any atom is -0.321 e. The number of carbonyl (C=O) groups is 1. The Kier molecular flexibility index (Phi) is 4.17. The van der Waals surface area contributed by atoms with Gasteiger partial charge < -0.3 is 5.32 Å². The molecule has 0 aliphatic rings. The second-order valence-corrected chi connectivity index (χ2v) is 5.36. The normalized spacial score (nSPS) is 10.3. The number of rotatable bonds is 2. The number of aryl methyl sites for hydroxylation is 2. The number of thiol groups is 1. The first kappa shape index (κ1) is 14.0. The maximum absolute atomic E-state index is 12.2. The van der Waals surface area contributed by atoms with Gasteiger partial charge in [0.05, 0.1) is 10.7 Å². The summed E-state index contributed by atoms with van der Waals surface area (Å²) < 4.78 is 0. The minimum absolute atomic E-state index is 0.180. The van der Waals surface area contributed by atoms with E-state index in [0.717, 1.165) is 16.0 Å². The second kappa shape index (κ2) is 5.68. The third-order valence-corrected chi connectivity index (χ3v) is 3.44. The van der Waals surface area contributed by atoms with Crippen LogP contribution in [-0.2, 0) is 0 Å². The van der Waals surface area contributed by atoms with Crippen molar-refractivity contribution in [1.82, 2.24) is 0 Å². The minimum atomic E-state index is -0.180. The molecule has 2 aromatic carbocycles. The molecule has 0 saturated heterocycles. The van der Waals surface area contributed by atoms with E-state index in [1.54, 1.807) is 12.1 Å². The van der Waals surface area contributed by atoms with Gasteiger partial charge in [0, 0.05) is 10.5 Å². The van der Waals surface area contributed by atoms with Crippen LogP contribution in [0.3, 0.4) is 0 Å². The van der Waals surface area contributed by atoms with E-state index in [-0.39, 0.29) is 5.91 Å². The van der Waals surface area contributed by atoms with Gasteiger partial charge in [-0.3, -0.25) is 4.79 Å². The number of halogens is 1. The van der Waals surface area contributed by atoms with Crippen LogP contribution in [0.4, 0.5) is 5.69 Å². The Morgan fingerprint density at radius 1 is 1.16 bits per heavy atom. The number of hydrogen-bond donors (Lipinski definition) is 2. The quantitative estimate of drug-likeness (QED) is 0.784. The Hall–Kier alpha value is -1.45. The van der Waals surface area contributed by atoms with Crippen molar-refractivity contribution in [2.45, 2.75) is 18.7 Å². The van der Waals surface area contributed by atoms with Gasteiger partial charge in [-0.1, -0.05) is 23.7 Å². The fourth-order valence-corrected chi connectivity index (χ4v) is 2.15. The van der Waals surface area contributed by atoms with Crippen LogP contribution in [-0.4, -0.2) is 5.91 Å². The molecule has 19 heavy (non-hydrogen) atoms. The highest BCUT2D eigenvalue weighted by molar-refractivity contribution is 7.80. The zero-order valence-corrected chi connectivity index (χ0v) is 12.3. The topological polar surface area (TPSA) is 29.1 Å². The molecule has 98 valence electrons. The van der Waals surface area contributed by atoms with Crippen molar-refractivity contribution in [3.8, 4) is 0 Å². The third-order valence-electron chi connectivity index (χ3n) is 2.84. The molecule has 1 N–H and O–H groups in total. The molecule has 0 spiro atoms. The SMILES string of the molecule is Cc1ccc(Cl)c(NC(=O)c2cc(S)ccc2C)c1. The van der Waals surface area contributed by atoms with E-state index in [1.807, 2.05) is 38.1 Å². The Balaban J connectivity index is 2.30. The average molecular weight is 292 g/mol. The number of anilines is 1. The molecule has 0 radical (unpaired) electrons. The van der Waals surface area contributed by atoms with Crippen LogP contribution >= 0.6 is 24.2 Å². The molecular formula is C15H14ClNOS. The summed E-state index contributed by atoms with van der Waals surface area (Å²) in [5.74, 6) is -0.180. The van der Waals surface area contributed by atoms with E-state index in [9.17, 15) is 4.79 Å². The molecule has 0 atom stereocenters. The summed E-state index contributed by atoms with van der Waals surface area (Å²) in [5, 5.41) is 3.36. The highest BCUT2D eigenvalue weighted by Crippen LogP contribution is 2.24. The van der Waals surface area contributed by atoms with Crippen molar-refractivity contribution in [2.24, 2.45) is 0 Å². The smallest absolute Gasteiger partial charge is 0.256 e. The molecule has 0 fully saturated rings. The molecule has 2 rings (SSSR count). The van der Waals surface area contributed by atoms with Crippen molar-refractivity contribution >= 4 is 35.8 Å². The molecular weight excluding hydrogens is 278 g/mol. The maximum atomic E-state index is 12.2. The van der Waals surface area contributed by atoms with E-state index in [1.165, 1.54) is 0 Å². The predicted molar refractivity (Wildman–Crippen MR) is 82.6 cm³/mol. The van der Waals surface area contributed by atoms with Crippen LogP contribution in [0.2, 0.25) is 5.02 Å². The van der Waals surface area contributed by atoms with Crippen LogP contribution in [0.25, 0.3) is 0 Å². The number of benzene rings is 2. The zero-order chi connectivity index (χ0) is 14.0. The Morgan fingerprint density at radius 2 is 1.89 bits per heavy atom. The summed E-state index contributed by atoms with van der Waals surface area (Å²) >= 11 is 10.3. The Bertz CT molecular complexity index is 640. The zero-order valence-electron chi connectivity index (χ0n) is 10.7. The first-order chi connectivity index (χ1) is 8.97. The number of amides is 1. The number of nitrogens with one attached hydrogen (secondary N) is 1. The van der Waals surface area contributed by atoms with Crippen LogP contribution in [0.5, 0.6) is 0 Å². The van der Waals surface area contributed by atoms with Gasteiger partial charge >= 0.3 is 0 Å². The van der Waals surface area contributed by atoms with Crippen LogP contribution in [0.15, 0.2) is 41.3 Å². The largest absolute Gasteiger partial charge is 0.321 e. The third kappa shape index (κ3) is 3.31. The number of carbonyl (C=O) groups excluding carboxylic acids is 1. The van der Waals surface area contributed by atoms with Crippen molar-refractivity contribution in [3.63, 3.8) is 0 Å². The molecule has 4 heteroatoms. The van der Waals surface area contributed by atoms with Gasteiger partial charge in [0.2, 0.25) is 0 Å². The van der Waals surface area contributed by atoms with Crippen molar-refractivity contribution < 1.29 is 4.79 Å². The Morgan fingerprint density at radius 3 is 2.63 bits per heavy atom. The van der Waals surface area contributed by atoms with Crippen molar-refractivity contribution in [1.29, 1.82) is 0 Å². The van der Waals surface area contributed by atoms with Gasteiger partial charge in [0.1, 0.15) is 0 Å². The molecule has 0 aromatic heterocycles.